The fourth-order valence-electron chi connectivity index (χ4n) is 1.08. The van der Waals surface area contributed by atoms with Crippen LogP contribution in [0.4, 0.5) is 0 Å². The summed E-state index contributed by atoms with van der Waals surface area (Å²) in [7, 11) is 1.49. The number of nitrogens with zero attached hydrogens (tertiary/aromatic N) is 1. The molecule has 4 heteroatoms. The first-order valence-corrected chi connectivity index (χ1v) is 4.07. The summed E-state index contributed by atoms with van der Waals surface area (Å²) < 4.78 is 5.00. The summed E-state index contributed by atoms with van der Waals surface area (Å²) in [5.74, 6) is 0.468. The lowest BCUT2D eigenvalue weighted by Crippen LogP contribution is -2.01. The van der Waals surface area contributed by atoms with Gasteiger partial charge in [-0.3, -0.25) is 0 Å². The van der Waals surface area contributed by atoms with Crippen LogP contribution in [0.2, 0.25) is 5.02 Å². The van der Waals surface area contributed by atoms with Crippen LogP contribution in [0, 0.1) is 11.3 Å². The molecule has 0 aromatic heterocycles. The van der Waals surface area contributed by atoms with Crippen LogP contribution in [0.25, 0.3) is 0 Å². The minimum absolute atomic E-state index is 0.278. The minimum atomic E-state index is 0.278. The van der Waals surface area contributed by atoms with E-state index in [0.717, 1.165) is 0 Å². The highest BCUT2D eigenvalue weighted by molar-refractivity contribution is 6.30. The normalized spacial score (nSPS) is 9.38. The Morgan fingerprint density at radius 2 is 2.31 bits per heavy atom. The van der Waals surface area contributed by atoms with Gasteiger partial charge in [-0.15, -0.1) is 0 Å². The van der Waals surface area contributed by atoms with E-state index in [-0.39, 0.29) is 6.54 Å². The van der Waals surface area contributed by atoms with Gasteiger partial charge < -0.3 is 10.5 Å². The molecule has 0 saturated carbocycles. The largest absolute Gasteiger partial charge is 0.495 e. The van der Waals surface area contributed by atoms with Gasteiger partial charge in [0.1, 0.15) is 11.8 Å². The molecule has 0 aliphatic heterocycles. The van der Waals surface area contributed by atoms with Gasteiger partial charge in [0.25, 0.3) is 0 Å². The molecule has 0 saturated heterocycles. The number of ether oxygens (including phenoxy) is 1. The van der Waals surface area contributed by atoms with Gasteiger partial charge in [0.2, 0.25) is 0 Å². The number of rotatable bonds is 2. The van der Waals surface area contributed by atoms with Crippen molar-refractivity contribution in [2.45, 2.75) is 6.54 Å². The van der Waals surface area contributed by atoms with Crippen molar-refractivity contribution in [3.63, 3.8) is 0 Å². The monoisotopic (exact) mass is 196 g/mol. The first-order chi connectivity index (χ1) is 6.22. The van der Waals surface area contributed by atoms with Gasteiger partial charge in [-0.05, 0) is 11.6 Å². The highest BCUT2D eigenvalue weighted by Gasteiger charge is 2.08. The van der Waals surface area contributed by atoms with Crippen molar-refractivity contribution in [2.24, 2.45) is 5.73 Å². The number of hydrogen-bond acceptors (Lipinski definition) is 3. The number of benzene rings is 1. The molecule has 13 heavy (non-hydrogen) atoms. The second-order valence-corrected chi connectivity index (χ2v) is 2.89. The molecular weight excluding hydrogens is 188 g/mol. The topological polar surface area (TPSA) is 59.0 Å². The van der Waals surface area contributed by atoms with Crippen LogP contribution in [-0.2, 0) is 6.54 Å². The molecule has 0 radical (unpaired) electrons. The first-order valence-electron chi connectivity index (χ1n) is 3.69. The van der Waals surface area contributed by atoms with Crippen LogP contribution in [0.15, 0.2) is 12.1 Å². The first kappa shape index (κ1) is 9.85. The van der Waals surface area contributed by atoms with Gasteiger partial charge in [-0.2, -0.15) is 5.26 Å². The Bertz CT molecular complexity index is 332. The van der Waals surface area contributed by atoms with Crippen molar-refractivity contribution in [3.05, 3.63) is 28.3 Å². The summed E-state index contributed by atoms with van der Waals surface area (Å²) in [5, 5.41) is 9.35. The molecule has 0 aliphatic rings. The van der Waals surface area contributed by atoms with E-state index < -0.39 is 0 Å². The van der Waals surface area contributed by atoms with Crippen molar-refractivity contribution in [3.8, 4) is 11.8 Å². The SMILES string of the molecule is COc1cc(Cl)cc(CN)c1C#N. The maximum Gasteiger partial charge on any atom is 0.138 e. The molecule has 0 aliphatic carbocycles. The van der Waals surface area contributed by atoms with Crippen molar-refractivity contribution < 1.29 is 4.74 Å². The Labute approximate surface area is 81.7 Å². The number of methoxy groups -OCH3 is 1. The van der Waals surface area contributed by atoms with E-state index in [1.807, 2.05) is 6.07 Å². The van der Waals surface area contributed by atoms with E-state index >= 15 is 0 Å². The standard InChI is InChI=1S/C9H9ClN2O/c1-13-9-3-7(10)2-6(4-11)8(9)5-12/h2-3H,4,11H2,1H3. The van der Waals surface area contributed by atoms with Crippen LogP contribution in [0.3, 0.4) is 0 Å². The number of nitrogens with two attached hydrogens (primary N) is 1. The molecule has 0 amide bonds. The minimum Gasteiger partial charge on any atom is -0.495 e. The molecule has 0 spiro atoms. The highest BCUT2D eigenvalue weighted by atomic mass is 35.5. The van der Waals surface area contributed by atoms with Crippen LogP contribution in [0.5, 0.6) is 5.75 Å². The zero-order valence-electron chi connectivity index (χ0n) is 7.17. The van der Waals surface area contributed by atoms with E-state index in [4.69, 9.17) is 27.3 Å². The lowest BCUT2D eigenvalue weighted by molar-refractivity contribution is 0.413. The fraction of sp³-hybridized carbons (Fsp3) is 0.222. The molecule has 0 fully saturated rings. The molecule has 0 atom stereocenters. The van der Waals surface area contributed by atoms with Crippen LogP contribution >= 0.6 is 11.6 Å². The zero-order valence-corrected chi connectivity index (χ0v) is 7.93. The van der Waals surface area contributed by atoms with Gasteiger partial charge in [-0.25, -0.2) is 0 Å². The number of hydrogen-bond donors (Lipinski definition) is 1. The second-order valence-electron chi connectivity index (χ2n) is 2.46. The summed E-state index contributed by atoms with van der Waals surface area (Å²) in [5.41, 5.74) is 6.61. The number of halogens is 1. The molecular formula is C9H9ClN2O. The molecule has 1 aromatic carbocycles. The molecule has 1 rings (SSSR count). The van der Waals surface area contributed by atoms with Crippen LogP contribution in [0.1, 0.15) is 11.1 Å². The Balaban J connectivity index is 3.36. The molecule has 0 unspecified atom stereocenters. The molecule has 0 bridgehead atoms. The van der Waals surface area contributed by atoms with Crippen molar-refractivity contribution in [1.82, 2.24) is 0 Å². The van der Waals surface area contributed by atoms with Crippen LogP contribution in [-0.4, -0.2) is 7.11 Å². The molecule has 2 N–H and O–H groups in total. The quantitative estimate of drug-likeness (QED) is 0.783. The lowest BCUT2D eigenvalue weighted by Gasteiger charge is -2.07. The summed E-state index contributed by atoms with van der Waals surface area (Å²) in [4.78, 5) is 0. The summed E-state index contributed by atoms with van der Waals surface area (Å²) in [6.07, 6.45) is 0. The van der Waals surface area contributed by atoms with Crippen molar-refractivity contribution >= 4 is 11.6 Å². The number of nitriles is 1. The van der Waals surface area contributed by atoms with Crippen molar-refractivity contribution in [1.29, 1.82) is 5.26 Å². The average molecular weight is 197 g/mol. The third kappa shape index (κ3) is 1.92. The van der Waals surface area contributed by atoms with E-state index in [1.165, 1.54) is 7.11 Å². The molecule has 3 nitrogen and oxygen atoms in total. The Hall–Kier alpha value is -1.24. The summed E-state index contributed by atoms with van der Waals surface area (Å²) in [6.45, 7) is 0.278. The Kier molecular flexibility index (Phi) is 3.13. The maximum absolute atomic E-state index is 8.82. The van der Waals surface area contributed by atoms with Gasteiger partial charge in [0, 0.05) is 17.6 Å². The molecule has 0 heterocycles. The van der Waals surface area contributed by atoms with Gasteiger partial charge in [-0.1, -0.05) is 11.6 Å². The molecule has 1 aromatic rings. The van der Waals surface area contributed by atoms with E-state index in [0.29, 0.717) is 21.9 Å². The Morgan fingerprint density at radius 3 is 2.77 bits per heavy atom. The summed E-state index contributed by atoms with van der Waals surface area (Å²) in [6, 6.07) is 5.30. The molecule has 68 valence electrons. The lowest BCUT2D eigenvalue weighted by atomic mass is 10.1. The smallest absolute Gasteiger partial charge is 0.138 e. The zero-order chi connectivity index (χ0) is 9.84. The van der Waals surface area contributed by atoms with E-state index in [9.17, 15) is 0 Å². The van der Waals surface area contributed by atoms with Crippen LogP contribution < -0.4 is 10.5 Å². The third-order valence-corrected chi connectivity index (χ3v) is 1.92. The Morgan fingerprint density at radius 1 is 1.62 bits per heavy atom. The maximum atomic E-state index is 8.82. The van der Waals surface area contributed by atoms with E-state index in [1.54, 1.807) is 12.1 Å². The fourth-order valence-corrected chi connectivity index (χ4v) is 1.32. The third-order valence-electron chi connectivity index (χ3n) is 1.70. The van der Waals surface area contributed by atoms with Gasteiger partial charge in [0.15, 0.2) is 0 Å². The second kappa shape index (κ2) is 4.13. The average Bonchev–Trinajstić information content (AvgIpc) is 2.16. The predicted molar refractivity (Wildman–Crippen MR) is 50.6 cm³/mol. The van der Waals surface area contributed by atoms with E-state index in [2.05, 4.69) is 0 Å². The van der Waals surface area contributed by atoms with Crippen molar-refractivity contribution in [2.75, 3.05) is 7.11 Å². The van der Waals surface area contributed by atoms with Gasteiger partial charge in [0.05, 0.1) is 12.7 Å². The summed E-state index contributed by atoms with van der Waals surface area (Å²) >= 11 is 5.79. The predicted octanol–water partition coefficient (Wildman–Crippen LogP) is 1.68. The highest BCUT2D eigenvalue weighted by Crippen LogP contribution is 2.26. The van der Waals surface area contributed by atoms with Gasteiger partial charge >= 0.3 is 0 Å².